The van der Waals surface area contributed by atoms with Crippen molar-refractivity contribution in [2.75, 3.05) is 39.3 Å². The molecule has 0 amide bonds. The van der Waals surface area contributed by atoms with Crippen molar-refractivity contribution in [1.82, 2.24) is 10.2 Å². The van der Waals surface area contributed by atoms with Crippen LogP contribution >= 0.6 is 0 Å². The average molecular weight is 290 g/mol. The lowest BCUT2D eigenvalue weighted by Gasteiger charge is -2.27. The standard InChI is InChI=1S/C18H30N2O/c1-4-21-18-16(3)13-15(2)14-17(18)7-5-6-10-20-11-8-19-9-12-20/h13-14,19H,4-12H2,1-3H3. The van der Waals surface area contributed by atoms with Gasteiger partial charge in [0.2, 0.25) is 0 Å². The van der Waals surface area contributed by atoms with Gasteiger partial charge >= 0.3 is 0 Å². The summed E-state index contributed by atoms with van der Waals surface area (Å²) in [4.78, 5) is 2.57. The van der Waals surface area contributed by atoms with Gasteiger partial charge in [0, 0.05) is 26.2 Å². The third kappa shape index (κ3) is 5.01. The van der Waals surface area contributed by atoms with Crippen LogP contribution in [0, 0.1) is 13.8 Å². The van der Waals surface area contributed by atoms with Crippen LogP contribution in [-0.4, -0.2) is 44.2 Å². The Hall–Kier alpha value is -1.06. The van der Waals surface area contributed by atoms with Crippen molar-refractivity contribution in [2.45, 2.75) is 40.0 Å². The second-order valence-electron chi connectivity index (χ2n) is 6.05. The number of unbranched alkanes of at least 4 members (excludes halogenated alkanes) is 1. The molecule has 0 unspecified atom stereocenters. The molecule has 1 heterocycles. The van der Waals surface area contributed by atoms with E-state index in [2.05, 4.69) is 43.1 Å². The number of ether oxygens (including phenoxy) is 1. The minimum absolute atomic E-state index is 0.748. The van der Waals surface area contributed by atoms with E-state index in [0.717, 1.165) is 31.9 Å². The monoisotopic (exact) mass is 290 g/mol. The Labute approximate surface area is 129 Å². The molecule has 0 atom stereocenters. The lowest BCUT2D eigenvalue weighted by molar-refractivity contribution is 0.236. The summed E-state index contributed by atoms with van der Waals surface area (Å²) in [6.07, 6.45) is 3.65. The number of rotatable bonds is 7. The van der Waals surface area contributed by atoms with Gasteiger partial charge in [0.15, 0.2) is 0 Å². The molecule has 1 aliphatic heterocycles. The minimum Gasteiger partial charge on any atom is -0.493 e. The van der Waals surface area contributed by atoms with E-state index in [-0.39, 0.29) is 0 Å². The van der Waals surface area contributed by atoms with Gasteiger partial charge in [0.05, 0.1) is 6.61 Å². The fraction of sp³-hybridized carbons (Fsp3) is 0.667. The zero-order valence-corrected chi connectivity index (χ0v) is 13.9. The van der Waals surface area contributed by atoms with Crippen LogP contribution in [0.4, 0.5) is 0 Å². The highest BCUT2D eigenvalue weighted by Gasteiger charge is 2.10. The van der Waals surface area contributed by atoms with Crippen LogP contribution in [0.2, 0.25) is 0 Å². The molecular weight excluding hydrogens is 260 g/mol. The summed E-state index contributed by atoms with van der Waals surface area (Å²) in [5, 5.41) is 3.41. The zero-order chi connectivity index (χ0) is 15.1. The van der Waals surface area contributed by atoms with Crippen LogP contribution in [-0.2, 0) is 6.42 Å². The van der Waals surface area contributed by atoms with Crippen LogP contribution in [0.1, 0.15) is 36.5 Å². The minimum atomic E-state index is 0.748. The smallest absolute Gasteiger partial charge is 0.125 e. The number of aryl methyl sites for hydroxylation is 3. The maximum atomic E-state index is 5.85. The first-order valence-corrected chi connectivity index (χ1v) is 8.36. The quantitative estimate of drug-likeness (QED) is 0.782. The van der Waals surface area contributed by atoms with E-state index in [1.807, 2.05) is 0 Å². The molecule has 2 rings (SSSR count). The first-order valence-electron chi connectivity index (χ1n) is 8.36. The number of nitrogens with one attached hydrogen (secondary N) is 1. The highest BCUT2D eigenvalue weighted by molar-refractivity contribution is 5.43. The lowest BCUT2D eigenvalue weighted by Crippen LogP contribution is -2.43. The first kappa shape index (κ1) is 16.3. The van der Waals surface area contributed by atoms with Crippen LogP contribution in [0.3, 0.4) is 0 Å². The van der Waals surface area contributed by atoms with Crippen molar-refractivity contribution in [3.05, 3.63) is 28.8 Å². The molecule has 1 aliphatic rings. The van der Waals surface area contributed by atoms with E-state index in [1.54, 1.807) is 0 Å². The maximum absolute atomic E-state index is 5.85. The zero-order valence-electron chi connectivity index (χ0n) is 13.9. The van der Waals surface area contributed by atoms with Gasteiger partial charge in [-0.2, -0.15) is 0 Å². The molecular formula is C18H30N2O. The normalized spacial score (nSPS) is 16.1. The van der Waals surface area contributed by atoms with Gasteiger partial charge in [-0.25, -0.2) is 0 Å². The van der Waals surface area contributed by atoms with Crippen molar-refractivity contribution >= 4 is 0 Å². The van der Waals surface area contributed by atoms with E-state index in [4.69, 9.17) is 4.74 Å². The van der Waals surface area contributed by atoms with Crippen LogP contribution in [0.15, 0.2) is 12.1 Å². The molecule has 1 aromatic carbocycles. The number of hydrogen-bond donors (Lipinski definition) is 1. The summed E-state index contributed by atoms with van der Waals surface area (Å²) in [6.45, 7) is 13.1. The molecule has 0 bridgehead atoms. The van der Waals surface area contributed by atoms with Crippen molar-refractivity contribution in [3.8, 4) is 5.75 Å². The SMILES string of the molecule is CCOc1c(C)cc(C)cc1CCCCN1CCNCC1. The number of benzene rings is 1. The Kier molecular flexibility index (Phi) is 6.52. The fourth-order valence-electron chi connectivity index (χ4n) is 3.16. The van der Waals surface area contributed by atoms with Gasteiger partial charge < -0.3 is 15.0 Å². The fourth-order valence-corrected chi connectivity index (χ4v) is 3.16. The molecule has 1 aromatic rings. The summed E-state index contributed by atoms with van der Waals surface area (Å²) >= 11 is 0. The Morgan fingerprint density at radius 2 is 1.90 bits per heavy atom. The molecule has 1 fully saturated rings. The average Bonchev–Trinajstić information content (AvgIpc) is 2.48. The number of piperazine rings is 1. The molecule has 3 heteroatoms. The largest absolute Gasteiger partial charge is 0.493 e. The summed E-state index contributed by atoms with van der Waals surface area (Å²) in [7, 11) is 0. The highest BCUT2D eigenvalue weighted by Crippen LogP contribution is 2.27. The summed E-state index contributed by atoms with van der Waals surface area (Å²) in [5.74, 6) is 1.12. The summed E-state index contributed by atoms with van der Waals surface area (Å²) in [5.41, 5.74) is 4.00. The Balaban J connectivity index is 1.84. The Bertz CT molecular complexity index is 439. The Morgan fingerprint density at radius 3 is 2.62 bits per heavy atom. The number of nitrogens with zero attached hydrogens (tertiary/aromatic N) is 1. The van der Waals surface area contributed by atoms with Gasteiger partial charge in [0.25, 0.3) is 0 Å². The predicted octanol–water partition coefficient (Wildman–Crippen LogP) is 2.93. The van der Waals surface area contributed by atoms with E-state index < -0.39 is 0 Å². The van der Waals surface area contributed by atoms with E-state index in [1.165, 1.54) is 49.2 Å². The van der Waals surface area contributed by atoms with Gasteiger partial charge in [-0.3, -0.25) is 0 Å². The van der Waals surface area contributed by atoms with Crippen molar-refractivity contribution in [1.29, 1.82) is 0 Å². The Morgan fingerprint density at radius 1 is 1.14 bits per heavy atom. The molecule has 118 valence electrons. The topological polar surface area (TPSA) is 24.5 Å². The van der Waals surface area contributed by atoms with Crippen molar-refractivity contribution in [2.24, 2.45) is 0 Å². The second kappa shape index (κ2) is 8.40. The molecule has 0 saturated carbocycles. The highest BCUT2D eigenvalue weighted by atomic mass is 16.5. The van der Waals surface area contributed by atoms with E-state index in [0.29, 0.717) is 0 Å². The van der Waals surface area contributed by atoms with Crippen LogP contribution in [0.5, 0.6) is 5.75 Å². The van der Waals surface area contributed by atoms with Gasteiger partial charge in [-0.05, 0) is 57.7 Å². The van der Waals surface area contributed by atoms with E-state index >= 15 is 0 Å². The molecule has 1 N–H and O–H groups in total. The molecule has 3 nitrogen and oxygen atoms in total. The first-order chi connectivity index (χ1) is 10.2. The molecule has 21 heavy (non-hydrogen) atoms. The summed E-state index contributed by atoms with van der Waals surface area (Å²) < 4.78 is 5.85. The third-order valence-electron chi connectivity index (χ3n) is 4.16. The summed E-state index contributed by atoms with van der Waals surface area (Å²) in [6, 6.07) is 4.51. The molecule has 0 aromatic heterocycles. The van der Waals surface area contributed by atoms with Crippen molar-refractivity contribution in [3.63, 3.8) is 0 Å². The number of hydrogen-bond acceptors (Lipinski definition) is 3. The van der Waals surface area contributed by atoms with Gasteiger partial charge in [-0.15, -0.1) is 0 Å². The molecule has 0 radical (unpaired) electrons. The molecule has 0 aliphatic carbocycles. The molecule has 0 spiro atoms. The van der Waals surface area contributed by atoms with Crippen LogP contribution < -0.4 is 10.1 Å². The van der Waals surface area contributed by atoms with E-state index in [9.17, 15) is 0 Å². The third-order valence-corrected chi connectivity index (χ3v) is 4.16. The van der Waals surface area contributed by atoms with Crippen molar-refractivity contribution < 1.29 is 4.74 Å². The van der Waals surface area contributed by atoms with Gasteiger partial charge in [-0.1, -0.05) is 17.7 Å². The maximum Gasteiger partial charge on any atom is 0.125 e. The van der Waals surface area contributed by atoms with Crippen LogP contribution in [0.25, 0.3) is 0 Å². The lowest BCUT2D eigenvalue weighted by atomic mass is 10.0. The second-order valence-corrected chi connectivity index (χ2v) is 6.05. The predicted molar refractivity (Wildman–Crippen MR) is 89.3 cm³/mol. The van der Waals surface area contributed by atoms with Gasteiger partial charge in [0.1, 0.15) is 5.75 Å². The molecule has 1 saturated heterocycles.